The minimum absolute atomic E-state index is 0.000390. The molecule has 0 saturated carbocycles. The number of halogens is 2. The summed E-state index contributed by atoms with van der Waals surface area (Å²) in [6, 6.07) is 12.7. The first-order chi connectivity index (χ1) is 12.4. The molecule has 0 unspecified atom stereocenters. The molecule has 0 spiro atoms. The van der Waals surface area contributed by atoms with E-state index in [1.807, 2.05) is 18.2 Å². The van der Waals surface area contributed by atoms with Gasteiger partial charge >= 0.3 is 0 Å². The Kier molecular flexibility index (Phi) is 6.10. The Morgan fingerprint density at radius 1 is 1.08 bits per heavy atom. The maximum absolute atomic E-state index is 12.9. The average molecular weight is 416 g/mol. The van der Waals surface area contributed by atoms with E-state index in [0.29, 0.717) is 13.1 Å². The quantitative estimate of drug-likeness (QED) is 0.813. The van der Waals surface area contributed by atoms with Crippen molar-refractivity contribution in [2.45, 2.75) is 11.4 Å². The van der Waals surface area contributed by atoms with Crippen molar-refractivity contribution in [1.82, 2.24) is 4.31 Å². The first-order valence-corrected chi connectivity index (χ1v) is 10.5. The molecule has 0 aromatic heterocycles. The molecule has 3 rings (SSSR count). The number of benzene rings is 2. The van der Waals surface area contributed by atoms with Crippen LogP contribution in [0, 0.1) is 0 Å². The topological polar surface area (TPSA) is 51.1 Å². The van der Waals surface area contributed by atoms with E-state index in [0.717, 1.165) is 25.4 Å². The molecule has 8 heteroatoms. The number of nitrogens with zero attached hydrogens (tertiary/aromatic N) is 1. The minimum Gasteiger partial charge on any atom is -0.497 e. The van der Waals surface area contributed by atoms with Gasteiger partial charge in [-0.3, -0.25) is 0 Å². The van der Waals surface area contributed by atoms with Gasteiger partial charge in [0.05, 0.1) is 43.3 Å². The highest BCUT2D eigenvalue weighted by Crippen LogP contribution is 2.31. The Bertz CT molecular complexity index is 862. The molecular weight excluding hydrogens is 395 g/mol. The van der Waals surface area contributed by atoms with Crippen LogP contribution in [0.1, 0.15) is 5.56 Å². The van der Waals surface area contributed by atoms with Crippen molar-refractivity contribution in [2.75, 3.05) is 33.3 Å². The van der Waals surface area contributed by atoms with Crippen molar-refractivity contribution in [3.05, 3.63) is 58.1 Å². The van der Waals surface area contributed by atoms with Crippen molar-refractivity contribution in [2.24, 2.45) is 0 Å². The first kappa shape index (κ1) is 19.5. The fraction of sp³-hybridized carbons (Fsp3) is 0.333. The third-order valence-electron chi connectivity index (χ3n) is 4.53. The number of piperazine rings is 1. The van der Waals surface area contributed by atoms with E-state index in [4.69, 9.17) is 27.9 Å². The number of nitrogens with one attached hydrogen (secondary N) is 1. The third kappa shape index (κ3) is 4.15. The molecule has 1 aliphatic heterocycles. The van der Waals surface area contributed by atoms with E-state index in [1.165, 1.54) is 14.8 Å². The van der Waals surface area contributed by atoms with E-state index in [9.17, 15) is 8.42 Å². The summed E-state index contributed by atoms with van der Waals surface area (Å²) >= 11 is 12.2. The van der Waals surface area contributed by atoms with Crippen molar-refractivity contribution >= 4 is 33.2 Å². The second-order valence-electron chi connectivity index (χ2n) is 6.23. The van der Waals surface area contributed by atoms with Crippen LogP contribution in [0.2, 0.25) is 10.0 Å². The minimum atomic E-state index is -3.69. The lowest BCUT2D eigenvalue weighted by atomic mass is 10.2. The predicted molar refractivity (Wildman–Crippen MR) is 103 cm³/mol. The van der Waals surface area contributed by atoms with Crippen LogP contribution in [0.15, 0.2) is 47.4 Å². The standard InChI is InChI=1S/C18H20Cl2N2O3S/c1-25-15-5-2-4-14(12-15)13-21-8-10-22(11-9-21)26(23,24)18-16(19)6-3-7-17(18)20/h2-7,12H,8-11,13H2,1H3/p+1. The van der Waals surface area contributed by atoms with E-state index in [-0.39, 0.29) is 14.9 Å². The maximum Gasteiger partial charge on any atom is 0.246 e. The summed E-state index contributed by atoms with van der Waals surface area (Å²) in [4.78, 5) is 1.33. The monoisotopic (exact) mass is 415 g/mol. The van der Waals surface area contributed by atoms with Crippen LogP contribution < -0.4 is 9.64 Å². The second kappa shape index (κ2) is 8.15. The Morgan fingerprint density at radius 3 is 2.31 bits per heavy atom. The van der Waals surface area contributed by atoms with Gasteiger partial charge in [-0.05, 0) is 24.3 Å². The Morgan fingerprint density at radius 2 is 1.69 bits per heavy atom. The van der Waals surface area contributed by atoms with Gasteiger partial charge in [0.25, 0.3) is 0 Å². The lowest BCUT2D eigenvalue weighted by molar-refractivity contribution is -0.917. The highest BCUT2D eigenvalue weighted by Gasteiger charge is 2.33. The molecule has 140 valence electrons. The van der Waals surface area contributed by atoms with E-state index in [1.54, 1.807) is 25.3 Å². The Labute approximate surface area is 164 Å². The number of methoxy groups -OCH3 is 1. The lowest BCUT2D eigenvalue weighted by Crippen LogP contribution is -3.13. The molecule has 2 aromatic rings. The molecule has 5 nitrogen and oxygen atoms in total. The van der Waals surface area contributed by atoms with Crippen molar-refractivity contribution in [3.63, 3.8) is 0 Å². The Hall–Kier alpha value is -1.31. The van der Waals surface area contributed by atoms with Crippen LogP contribution in [-0.2, 0) is 16.6 Å². The maximum atomic E-state index is 12.9. The van der Waals surface area contributed by atoms with E-state index < -0.39 is 10.0 Å². The molecule has 2 aromatic carbocycles. The third-order valence-corrected chi connectivity index (χ3v) is 7.39. The molecule has 0 radical (unpaired) electrons. The SMILES string of the molecule is COc1cccc(C[NH+]2CCN(S(=O)(=O)c3c(Cl)cccc3Cl)CC2)c1. The molecule has 0 atom stereocenters. The van der Waals surface area contributed by atoms with E-state index >= 15 is 0 Å². The summed E-state index contributed by atoms with van der Waals surface area (Å²) in [5.41, 5.74) is 1.17. The predicted octanol–water partition coefficient (Wildman–Crippen LogP) is 2.09. The van der Waals surface area contributed by atoms with Crippen molar-refractivity contribution in [3.8, 4) is 5.75 Å². The van der Waals surface area contributed by atoms with Crippen LogP contribution in [0.25, 0.3) is 0 Å². The molecule has 1 saturated heterocycles. The molecule has 0 aliphatic carbocycles. The van der Waals surface area contributed by atoms with Crippen molar-refractivity contribution < 1.29 is 18.1 Å². The van der Waals surface area contributed by atoms with Gasteiger partial charge in [-0.1, -0.05) is 41.4 Å². The zero-order valence-electron chi connectivity index (χ0n) is 14.4. The van der Waals surface area contributed by atoms with Gasteiger partial charge in [-0.15, -0.1) is 0 Å². The van der Waals surface area contributed by atoms with Crippen molar-refractivity contribution in [1.29, 1.82) is 0 Å². The largest absolute Gasteiger partial charge is 0.497 e. The smallest absolute Gasteiger partial charge is 0.246 e. The molecular formula is C18H21Cl2N2O3S+. The summed E-state index contributed by atoms with van der Waals surface area (Å²) in [6.07, 6.45) is 0. The number of hydrogen-bond acceptors (Lipinski definition) is 3. The van der Waals surface area contributed by atoms with Crippen LogP contribution in [0.4, 0.5) is 0 Å². The molecule has 1 aliphatic rings. The molecule has 1 fully saturated rings. The molecule has 0 bridgehead atoms. The molecule has 1 N–H and O–H groups in total. The zero-order valence-corrected chi connectivity index (χ0v) is 16.7. The van der Waals surface area contributed by atoms with Gasteiger partial charge in [-0.25, -0.2) is 8.42 Å². The summed E-state index contributed by atoms with van der Waals surface area (Å²) in [5.74, 6) is 0.830. The lowest BCUT2D eigenvalue weighted by Gasteiger charge is -2.32. The fourth-order valence-corrected chi connectivity index (χ4v) is 5.68. The highest BCUT2D eigenvalue weighted by molar-refractivity contribution is 7.89. The van der Waals surface area contributed by atoms with Gasteiger partial charge in [0, 0.05) is 5.56 Å². The normalized spacial score (nSPS) is 16.6. The molecule has 26 heavy (non-hydrogen) atoms. The van der Waals surface area contributed by atoms with Crippen LogP contribution >= 0.6 is 23.2 Å². The number of rotatable bonds is 5. The van der Waals surface area contributed by atoms with E-state index in [2.05, 4.69) is 6.07 Å². The summed E-state index contributed by atoms with van der Waals surface area (Å²) in [7, 11) is -2.05. The second-order valence-corrected chi connectivity index (χ2v) is 8.92. The van der Waals surface area contributed by atoms with Crippen LogP contribution in [-0.4, -0.2) is 46.0 Å². The van der Waals surface area contributed by atoms with Gasteiger partial charge in [0.1, 0.15) is 17.2 Å². The number of ether oxygens (including phenoxy) is 1. The van der Waals surface area contributed by atoms with Crippen LogP contribution in [0.3, 0.4) is 0 Å². The molecule has 1 heterocycles. The van der Waals surface area contributed by atoms with Crippen LogP contribution in [0.5, 0.6) is 5.75 Å². The van der Waals surface area contributed by atoms with Gasteiger partial charge < -0.3 is 9.64 Å². The highest BCUT2D eigenvalue weighted by atomic mass is 35.5. The van der Waals surface area contributed by atoms with Gasteiger partial charge in [-0.2, -0.15) is 4.31 Å². The summed E-state index contributed by atoms with van der Waals surface area (Å²) < 4.78 is 32.5. The van der Waals surface area contributed by atoms with Gasteiger partial charge in [0.2, 0.25) is 10.0 Å². The van der Waals surface area contributed by atoms with Gasteiger partial charge in [0.15, 0.2) is 0 Å². The molecule has 0 amide bonds. The first-order valence-electron chi connectivity index (χ1n) is 8.32. The summed E-state index contributed by atoms with van der Waals surface area (Å²) in [6.45, 7) is 3.14. The number of hydrogen-bond donors (Lipinski definition) is 1. The summed E-state index contributed by atoms with van der Waals surface area (Å²) in [5, 5.41) is 0.312. The number of quaternary nitrogens is 1. The zero-order chi connectivity index (χ0) is 18.7. The average Bonchev–Trinajstić information content (AvgIpc) is 2.62. The fourth-order valence-electron chi connectivity index (χ4n) is 3.15. The number of sulfonamides is 1. The Balaban J connectivity index is 1.68.